The summed E-state index contributed by atoms with van der Waals surface area (Å²) < 4.78 is 7.36. The van der Waals surface area contributed by atoms with Crippen molar-refractivity contribution in [3.63, 3.8) is 0 Å². The minimum Gasteiger partial charge on any atom is -0.423 e. The lowest BCUT2D eigenvalue weighted by Gasteiger charge is -2.09. The summed E-state index contributed by atoms with van der Waals surface area (Å²) in [6.07, 6.45) is 1.50. The molecule has 0 unspecified atom stereocenters. The Balaban J connectivity index is 1.57. The van der Waals surface area contributed by atoms with E-state index in [-0.39, 0.29) is 18.0 Å². The minimum absolute atomic E-state index is 0.168. The summed E-state index contributed by atoms with van der Waals surface area (Å²) in [4.78, 5) is 42.0. The van der Waals surface area contributed by atoms with Gasteiger partial charge in [0, 0.05) is 35.0 Å². The highest BCUT2D eigenvalue weighted by molar-refractivity contribution is 7.22. The second-order valence-electron chi connectivity index (χ2n) is 7.35. The lowest BCUT2D eigenvalue weighted by Crippen LogP contribution is -2.21. The maximum Gasteiger partial charge on any atom is 0.336 e. The highest BCUT2D eigenvalue weighted by Crippen LogP contribution is 2.30. The normalized spacial score (nSPS) is 11.2. The Labute approximate surface area is 185 Å². The van der Waals surface area contributed by atoms with Gasteiger partial charge in [-0.3, -0.25) is 14.2 Å². The van der Waals surface area contributed by atoms with Gasteiger partial charge in [0.2, 0.25) is 5.91 Å². The molecule has 3 aromatic heterocycles. The SMILES string of the molecule is CC(=O)Nc1ccc2c(Cn3cnc4cc(-c5ccccc5)sc4c3=O)cc(=O)oc2c1. The molecule has 0 bridgehead atoms. The van der Waals surface area contributed by atoms with Gasteiger partial charge in [0.05, 0.1) is 18.4 Å². The van der Waals surface area contributed by atoms with E-state index in [0.29, 0.717) is 32.4 Å². The second kappa shape index (κ2) is 7.90. The third kappa shape index (κ3) is 3.72. The van der Waals surface area contributed by atoms with E-state index in [1.54, 1.807) is 18.2 Å². The van der Waals surface area contributed by atoms with Crippen LogP contribution in [0.1, 0.15) is 12.5 Å². The highest BCUT2D eigenvalue weighted by Gasteiger charge is 2.13. The van der Waals surface area contributed by atoms with Crippen LogP contribution in [-0.2, 0) is 11.3 Å². The molecular formula is C24H17N3O4S. The largest absolute Gasteiger partial charge is 0.423 e. The first-order valence-electron chi connectivity index (χ1n) is 9.87. The van der Waals surface area contributed by atoms with E-state index in [1.807, 2.05) is 36.4 Å². The standard InChI is InChI=1S/C24H17N3O4S/c1-14(28)26-17-7-8-18-16(9-22(29)31-20(18)10-17)12-27-13-25-19-11-21(32-23(19)24(27)30)15-5-3-2-4-6-15/h2-11,13H,12H2,1H3,(H,26,28). The van der Waals surface area contributed by atoms with Crippen LogP contribution in [0.4, 0.5) is 5.69 Å². The number of carbonyl (C=O) groups is 1. The Morgan fingerprint density at radius 3 is 2.69 bits per heavy atom. The van der Waals surface area contributed by atoms with Gasteiger partial charge >= 0.3 is 5.63 Å². The molecule has 2 aromatic carbocycles. The van der Waals surface area contributed by atoms with Crippen LogP contribution < -0.4 is 16.5 Å². The van der Waals surface area contributed by atoms with Gasteiger partial charge in [-0.25, -0.2) is 9.78 Å². The lowest BCUT2D eigenvalue weighted by molar-refractivity contribution is -0.114. The van der Waals surface area contributed by atoms with Crippen molar-refractivity contribution in [2.75, 3.05) is 5.32 Å². The number of hydrogen-bond acceptors (Lipinski definition) is 6. The number of thiophene rings is 1. The molecule has 1 N–H and O–H groups in total. The molecule has 0 fully saturated rings. The van der Waals surface area contributed by atoms with Gasteiger partial charge in [-0.2, -0.15) is 0 Å². The molecule has 0 saturated carbocycles. The molecular weight excluding hydrogens is 426 g/mol. The fraction of sp³-hybridized carbons (Fsp3) is 0.0833. The van der Waals surface area contributed by atoms with Gasteiger partial charge in [-0.05, 0) is 29.3 Å². The summed E-state index contributed by atoms with van der Waals surface area (Å²) in [5.74, 6) is -0.223. The van der Waals surface area contributed by atoms with Crippen LogP contribution in [0, 0.1) is 0 Å². The zero-order valence-corrected chi connectivity index (χ0v) is 17.8. The summed E-state index contributed by atoms with van der Waals surface area (Å²) >= 11 is 1.40. The van der Waals surface area contributed by atoms with Gasteiger partial charge in [0.1, 0.15) is 10.3 Å². The van der Waals surface area contributed by atoms with Crippen LogP contribution in [0.15, 0.2) is 81.0 Å². The lowest BCUT2D eigenvalue weighted by atomic mass is 10.1. The van der Waals surface area contributed by atoms with E-state index in [0.717, 1.165) is 10.4 Å². The first kappa shape index (κ1) is 19.9. The van der Waals surface area contributed by atoms with Gasteiger partial charge in [-0.15, -0.1) is 11.3 Å². The number of fused-ring (bicyclic) bond motifs is 2. The second-order valence-corrected chi connectivity index (χ2v) is 8.40. The number of nitrogens with one attached hydrogen (secondary N) is 1. The molecule has 3 heterocycles. The van der Waals surface area contributed by atoms with Gasteiger partial charge in [0.25, 0.3) is 5.56 Å². The van der Waals surface area contributed by atoms with Gasteiger partial charge < -0.3 is 9.73 Å². The monoisotopic (exact) mass is 443 g/mol. The van der Waals surface area contributed by atoms with Crippen molar-refractivity contribution in [2.24, 2.45) is 0 Å². The number of rotatable bonds is 4. The Bertz CT molecular complexity index is 1600. The molecule has 8 heteroatoms. The molecule has 7 nitrogen and oxygen atoms in total. The first-order valence-corrected chi connectivity index (χ1v) is 10.7. The summed E-state index contributed by atoms with van der Waals surface area (Å²) in [6, 6.07) is 18.2. The molecule has 5 aromatic rings. The molecule has 5 rings (SSSR count). The van der Waals surface area contributed by atoms with Crippen LogP contribution in [0.2, 0.25) is 0 Å². The third-order valence-electron chi connectivity index (χ3n) is 5.05. The molecule has 0 aliphatic carbocycles. The van der Waals surface area contributed by atoms with Crippen LogP contribution in [0.3, 0.4) is 0 Å². The fourth-order valence-electron chi connectivity index (χ4n) is 3.63. The molecule has 0 spiro atoms. The Kier molecular flexibility index (Phi) is 4.91. The van der Waals surface area contributed by atoms with Crippen LogP contribution in [0.25, 0.3) is 31.6 Å². The predicted octanol–water partition coefficient (Wildman–Crippen LogP) is 4.24. The van der Waals surface area contributed by atoms with E-state index in [2.05, 4.69) is 10.3 Å². The molecule has 0 aliphatic rings. The summed E-state index contributed by atoms with van der Waals surface area (Å²) in [5.41, 5.74) is 2.47. The molecule has 1 amide bonds. The number of aromatic nitrogens is 2. The van der Waals surface area contributed by atoms with Crippen molar-refractivity contribution < 1.29 is 9.21 Å². The van der Waals surface area contributed by atoms with Crippen molar-refractivity contribution in [3.8, 4) is 10.4 Å². The van der Waals surface area contributed by atoms with E-state index >= 15 is 0 Å². The Morgan fingerprint density at radius 2 is 1.91 bits per heavy atom. The van der Waals surface area contributed by atoms with Gasteiger partial charge in [0.15, 0.2) is 0 Å². The van der Waals surface area contributed by atoms with Gasteiger partial charge in [-0.1, -0.05) is 30.3 Å². The zero-order valence-electron chi connectivity index (χ0n) is 17.0. The number of amides is 1. The fourth-order valence-corrected chi connectivity index (χ4v) is 4.69. The summed E-state index contributed by atoms with van der Waals surface area (Å²) in [5, 5.41) is 3.35. The van der Waals surface area contributed by atoms with E-state index < -0.39 is 5.63 Å². The maximum absolute atomic E-state index is 13.2. The number of hydrogen-bond donors (Lipinski definition) is 1. The Hall–Kier alpha value is -4.04. The molecule has 0 saturated heterocycles. The average Bonchev–Trinajstić information content (AvgIpc) is 3.21. The number of nitrogens with zero attached hydrogens (tertiary/aromatic N) is 2. The molecule has 0 radical (unpaired) electrons. The molecule has 0 aliphatic heterocycles. The van der Waals surface area contributed by atoms with E-state index in [1.165, 1.54) is 35.2 Å². The zero-order chi connectivity index (χ0) is 22.2. The molecule has 158 valence electrons. The summed E-state index contributed by atoms with van der Waals surface area (Å²) in [7, 11) is 0. The van der Waals surface area contributed by atoms with Crippen molar-refractivity contribution in [3.05, 3.63) is 93.3 Å². The Morgan fingerprint density at radius 1 is 1.09 bits per heavy atom. The quantitative estimate of drug-likeness (QED) is 0.419. The van der Waals surface area contributed by atoms with Crippen molar-refractivity contribution in [2.45, 2.75) is 13.5 Å². The van der Waals surface area contributed by atoms with Crippen molar-refractivity contribution >= 4 is 44.1 Å². The van der Waals surface area contributed by atoms with Crippen molar-refractivity contribution in [1.29, 1.82) is 0 Å². The van der Waals surface area contributed by atoms with Crippen LogP contribution >= 0.6 is 11.3 Å². The molecule has 32 heavy (non-hydrogen) atoms. The molecule has 0 atom stereocenters. The van der Waals surface area contributed by atoms with Crippen LogP contribution in [0.5, 0.6) is 0 Å². The first-order chi connectivity index (χ1) is 15.5. The summed E-state index contributed by atoms with van der Waals surface area (Å²) in [6.45, 7) is 1.57. The number of benzene rings is 2. The maximum atomic E-state index is 13.2. The smallest absolute Gasteiger partial charge is 0.336 e. The topological polar surface area (TPSA) is 94.2 Å². The predicted molar refractivity (Wildman–Crippen MR) is 125 cm³/mol. The average molecular weight is 443 g/mol. The highest BCUT2D eigenvalue weighted by atomic mass is 32.1. The van der Waals surface area contributed by atoms with Crippen LogP contribution in [-0.4, -0.2) is 15.5 Å². The third-order valence-corrected chi connectivity index (χ3v) is 6.21. The minimum atomic E-state index is -0.531. The number of anilines is 1. The number of carbonyl (C=O) groups excluding carboxylic acids is 1. The van der Waals surface area contributed by atoms with E-state index in [4.69, 9.17) is 4.42 Å². The van der Waals surface area contributed by atoms with Crippen molar-refractivity contribution in [1.82, 2.24) is 9.55 Å². The van der Waals surface area contributed by atoms with E-state index in [9.17, 15) is 14.4 Å².